The van der Waals surface area contributed by atoms with Gasteiger partial charge in [0.25, 0.3) is 0 Å². The van der Waals surface area contributed by atoms with Gasteiger partial charge in [-0.2, -0.15) is 0 Å². The van der Waals surface area contributed by atoms with E-state index in [2.05, 4.69) is 19.7 Å². The second kappa shape index (κ2) is 5.56. The number of anilines is 1. The fourth-order valence-electron chi connectivity index (χ4n) is 2.43. The Morgan fingerprint density at radius 1 is 1.35 bits per heavy atom. The van der Waals surface area contributed by atoms with E-state index in [4.69, 9.17) is 15.6 Å². The highest BCUT2D eigenvalue weighted by atomic mass is 19.4. The maximum absolute atomic E-state index is 12.6. The highest BCUT2D eigenvalue weighted by Crippen LogP contribution is 2.37. The molecular weight excluding hydrogens is 323 g/mol. The van der Waals surface area contributed by atoms with Crippen LogP contribution < -0.4 is 5.73 Å². The van der Waals surface area contributed by atoms with Gasteiger partial charge in [-0.05, 0) is 0 Å². The van der Waals surface area contributed by atoms with Crippen molar-refractivity contribution in [2.24, 2.45) is 0 Å². The Bertz CT molecular complexity index is 709. The Morgan fingerprint density at radius 2 is 2.09 bits per heavy atom. The maximum Gasteiger partial charge on any atom is 0.523 e. The zero-order valence-corrected chi connectivity index (χ0v) is 11.4. The summed E-state index contributed by atoms with van der Waals surface area (Å²) in [5.41, 5.74) is 5.90. The van der Waals surface area contributed by atoms with Gasteiger partial charge in [0, 0.05) is 0 Å². The smallest absolute Gasteiger partial charge is 0.394 e. The van der Waals surface area contributed by atoms with E-state index in [0.29, 0.717) is 0 Å². The van der Waals surface area contributed by atoms with E-state index in [1.807, 2.05) is 0 Å². The number of aliphatic hydroxyl groups is 2. The highest BCUT2D eigenvalue weighted by Gasteiger charge is 2.50. The Hall–Kier alpha value is -2.02. The first kappa shape index (κ1) is 15.9. The van der Waals surface area contributed by atoms with Crippen LogP contribution in [0.25, 0.3) is 11.2 Å². The zero-order chi connectivity index (χ0) is 16.8. The summed E-state index contributed by atoms with van der Waals surface area (Å²) in [6.07, 6.45) is -8.87. The molecule has 0 bridgehead atoms. The zero-order valence-electron chi connectivity index (χ0n) is 11.4. The summed E-state index contributed by atoms with van der Waals surface area (Å²) in [6, 6.07) is 0. The first-order valence-electron chi connectivity index (χ1n) is 6.43. The number of nitrogens with zero attached hydrogens (tertiary/aromatic N) is 4. The van der Waals surface area contributed by atoms with Crippen LogP contribution in [-0.2, 0) is 9.47 Å². The lowest BCUT2D eigenvalue weighted by Crippen LogP contribution is -2.39. The summed E-state index contributed by atoms with van der Waals surface area (Å²) in [5.74, 6) is 0.0410. The predicted molar refractivity (Wildman–Crippen MR) is 67.7 cm³/mol. The molecule has 0 aliphatic carbocycles. The predicted octanol–water partition coefficient (Wildman–Crippen LogP) is -0.436. The molecule has 12 heteroatoms. The van der Waals surface area contributed by atoms with Gasteiger partial charge in [0.15, 0.2) is 17.7 Å². The number of halogens is 3. The summed E-state index contributed by atoms with van der Waals surface area (Å²) < 4.78 is 48.1. The fourth-order valence-corrected chi connectivity index (χ4v) is 2.43. The van der Waals surface area contributed by atoms with Crippen molar-refractivity contribution in [1.82, 2.24) is 19.5 Å². The molecule has 1 aliphatic heterocycles. The summed E-state index contributed by atoms with van der Waals surface area (Å²) in [7, 11) is 0. The molecule has 0 radical (unpaired) electrons. The van der Waals surface area contributed by atoms with Crippen molar-refractivity contribution in [3.8, 4) is 0 Å². The molecule has 126 valence electrons. The quantitative estimate of drug-likeness (QED) is 0.689. The Morgan fingerprint density at radius 3 is 2.74 bits per heavy atom. The minimum atomic E-state index is -5.00. The van der Waals surface area contributed by atoms with Crippen molar-refractivity contribution in [3.63, 3.8) is 0 Å². The number of alkyl halides is 3. The number of aliphatic hydroxyl groups excluding tert-OH is 2. The number of imidazole rings is 1. The van der Waals surface area contributed by atoms with Crippen LogP contribution in [0, 0.1) is 0 Å². The third-order valence-corrected chi connectivity index (χ3v) is 3.42. The summed E-state index contributed by atoms with van der Waals surface area (Å²) in [4.78, 5) is 11.5. The lowest BCUT2D eigenvalue weighted by Gasteiger charge is -2.22. The second-order valence-electron chi connectivity index (χ2n) is 4.85. The molecule has 1 fully saturated rings. The first-order chi connectivity index (χ1) is 10.8. The molecule has 2 aromatic heterocycles. The van der Waals surface area contributed by atoms with E-state index >= 15 is 0 Å². The molecule has 9 nitrogen and oxygen atoms in total. The number of ether oxygens (including phenoxy) is 2. The van der Waals surface area contributed by atoms with Crippen molar-refractivity contribution in [1.29, 1.82) is 0 Å². The molecule has 1 aliphatic rings. The van der Waals surface area contributed by atoms with Crippen molar-refractivity contribution < 1.29 is 32.9 Å². The van der Waals surface area contributed by atoms with Crippen LogP contribution in [0.5, 0.6) is 0 Å². The third kappa shape index (κ3) is 2.81. The number of nitrogen functional groups attached to an aromatic ring is 1. The van der Waals surface area contributed by atoms with Gasteiger partial charge in [-0.15, -0.1) is 13.2 Å². The van der Waals surface area contributed by atoms with Crippen molar-refractivity contribution in [3.05, 3.63) is 12.7 Å². The van der Waals surface area contributed by atoms with Crippen LogP contribution in [0.15, 0.2) is 12.7 Å². The van der Waals surface area contributed by atoms with Gasteiger partial charge >= 0.3 is 6.36 Å². The lowest BCUT2D eigenvalue weighted by atomic mass is 10.1. The van der Waals surface area contributed by atoms with Gasteiger partial charge in [0.05, 0.1) is 12.9 Å². The molecule has 0 saturated carbocycles. The summed E-state index contributed by atoms with van der Waals surface area (Å²) >= 11 is 0. The van der Waals surface area contributed by atoms with Gasteiger partial charge in [0.2, 0.25) is 0 Å². The molecule has 3 rings (SSSR count). The molecule has 0 amide bonds. The molecule has 2 unspecified atom stereocenters. The van der Waals surface area contributed by atoms with Crippen LogP contribution in [0.3, 0.4) is 0 Å². The summed E-state index contributed by atoms with van der Waals surface area (Å²) in [6.45, 7) is -0.681. The minimum Gasteiger partial charge on any atom is -0.394 e. The van der Waals surface area contributed by atoms with E-state index in [9.17, 15) is 18.3 Å². The van der Waals surface area contributed by atoms with Crippen LogP contribution >= 0.6 is 0 Å². The van der Waals surface area contributed by atoms with Crippen molar-refractivity contribution in [2.75, 3.05) is 12.3 Å². The topological polar surface area (TPSA) is 129 Å². The average Bonchev–Trinajstić information content (AvgIpc) is 3.01. The van der Waals surface area contributed by atoms with E-state index in [-0.39, 0.29) is 17.0 Å². The number of nitrogens with two attached hydrogens (primary N) is 1. The number of hydrogen-bond donors (Lipinski definition) is 3. The van der Waals surface area contributed by atoms with Crippen molar-refractivity contribution >= 4 is 17.0 Å². The van der Waals surface area contributed by atoms with Gasteiger partial charge < -0.3 is 20.7 Å². The Kier molecular flexibility index (Phi) is 3.83. The SMILES string of the molecule is Nc1ncnc2c1ncn2[C@@H]1O[C@H](CO)C(O)C1OC(F)(F)F. The van der Waals surface area contributed by atoms with Crippen molar-refractivity contribution in [2.45, 2.75) is 30.9 Å². The molecule has 0 aromatic carbocycles. The molecule has 4 atom stereocenters. The monoisotopic (exact) mass is 335 g/mol. The molecular formula is C11H12F3N5O4. The number of aromatic nitrogens is 4. The molecule has 0 spiro atoms. The molecule has 23 heavy (non-hydrogen) atoms. The highest BCUT2D eigenvalue weighted by molar-refractivity contribution is 5.81. The number of fused-ring (bicyclic) bond motifs is 1. The van der Waals surface area contributed by atoms with Crippen LogP contribution in [0.1, 0.15) is 6.23 Å². The van der Waals surface area contributed by atoms with E-state index in [1.54, 1.807) is 0 Å². The average molecular weight is 335 g/mol. The Labute approximate surface area is 126 Å². The molecule has 2 aromatic rings. The molecule has 4 N–H and O–H groups in total. The van der Waals surface area contributed by atoms with Gasteiger partial charge in [-0.3, -0.25) is 9.30 Å². The van der Waals surface area contributed by atoms with Gasteiger partial charge in [-0.25, -0.2) is 15.0 Å². The number of hydrogen-bond acceptors (Lipinski definition) is 8. The lowest BCUT2D eigenvalue weighted by molar-refractivity contribution is -0.355. The second-order valence-corrected chi connectivity index (χ2v) is 4.85. The maximum atomic E-state index is 12.6. The van der Waals surface area contributed by atoms with Crippen LogP contribution in [0.4, 0.5) is 19.0 Å². The van der Waals surface area contributed by atoms with Gasteiger partial charge in [0.1, 0.15) is 30.2 Å². The standard InChI is InChI=1S/C11H12F3N5O4/c12-11(13,14)23-7-6(21)4(1-20)22-10(7)19-3-18-5-8(15)16-2-17-9(5)19/h2-4,6-7,10,20-21H,1H2,(H2,15,16,17)/t4-,6?,7?,10-/m1/s1. The van der Waals surface area contributed by atoms with E-state index < -0.39 is 37.5 Å². The van der Waals surface area contributed by atoms with Crippen LogP contribution in [-0.4, -0.2) is 61.0 Å². The minimum absolute atomic E-state index is 0.0410. The first-order valence-corrected chi connectivity index (χ1v) is 6.43. The van der Waals surface area contributed by atoms with E-state index in [0.717, 1.165) is 17.2 Å². The number of rotatable bonds is 3. The summed E-state index contributed by atoms with van der Waals surface area (Å²) in [5, 5.41) is 19.0. The normalized spacial score (nSPS) is 28.6. The van der Waals surface area contributed by atoms with Gasteiger partial charge in [-0.1, -0.05) is 0 Å². The third-order valence-electron chi connectivity index (χ3n) is 3.42. The van der Waals surface area contributed by atoms with Crippen LogP contribution in [0.2, 0.25) is 0 Å². The largest absolute Gasteiger partial charge is 0.523 e. The Balaban J connectivity index is 2.02. The van der Waals surface area contributed by atoms with E-state index in [1.165, 1.54) is 0 Å². The molecule has 3 heterocycles. The fraction of sp³-hybridized carbons (Fsp3) is 0.545. The molecule has 1 saturated heterocycles.